The number of amides is 1. The maximum Gasteiger partial charge on any atom is 0.271 e. The lowest BCUT2D eigenvalue weighted by Gasteiger charge is -2.24. The molecule has 0 saturated heterocycles. The van der Waals surface area contributed by atoms with E-state index in [0.29, 0.717) is 36.7 Å². The number of benzene rings is 1. The molecule has 0 spiro atoms. The van der Waals surface area contributed by atoms with E-state index in [1.807, 2.05) is 6.92 Å². The Labute approximate surface area is 169 Å². The molecule has 2 rings (SSSR count). The molecule has 0 fully saturated rings. The van der Waals surface area contributed by atoms with Gasteiger partial charge in [-0.25, -0.2) is 5.43 Å². The Morgan fingerprint density at radius 1 is 1.11 bits per heavy atom. The molecule has 0 radical (unpaired) electrons. The zero-order chi connectivity index (χ0) is 21.1. The van der Waals surface area contributed by atoms with E-state index in [1.165, 1.54) is 5.57 Å². The highest BCUT2D eigenvalue weighted by molar-refractivity contribution is 6.02. The van der Waals surface area contributed by atoms with Crippen LogP contribution in [0.4, 0.5) is 0 Å². The summed E-state index contributed by atoms with van der Waals surface area (Å²) in [5.74, 6) is 1.13. The molecule has 0 aromatic heterocycles. The number of rotatable bonds is 4. The Morgan fingerprint density at radius 3 is 2.32 bits per heavy atom. The molecule has 5 heteroatoms. The quantitative estimate of drug-likeness (QED) is 0.575. The first-order valence-electron chi connectivity index (χ1n) is 9.94. The minimum Gasteiger partial charge on any atom is -0.486 e. The lowest BCUT2D eigenvalue weighted by molar-refractivity contribution is 0.0952. The zero-order valence-corrected chi connectivity index (χ0v) is 18.5. The van der Waals surface area contributed by atoms with Crippen molar-refractivity contribution in [3.8, 4) is 11.5 Å². The molecule has 154 valence electrons. The summed E-state index contributed by atoms with van der Waals surface area (Å²) in [5, 5.41) is 4.48. The van der Waals surface area contributed by atoms with Crippen molar-refractivity contribution in [2.45, 2.75) is 61.8 Å². The molecule has 1 aliphatic heterocycles. The topological polar surface area (TPSA) is 59.9 Å². The third kappa shape index (κ3) is 5.15. The fourth-order valence-corrected chi connectivity index (χ4v) is 2.75. The summed E-state index contributed by atoms with van der Waals surface area (Å²) in [7, 11) is 0. The van der Waals surface area contributed by atoms with Crippen LogP contribution in [0.5, 0.6) is 11.5 Å². The minimum absolute atomic E-state index is 0.0429. The Balaban J connectivity index is 2.34. The van der Waals surface area contributed by atoms with Crippen LogP contribution in [0, 0.1) is 10.8 Å². The highest BCUT2D eigenvalue weighted by atomic mass is 16.6. The number of carbonyl (C=O) groups excluding carboxylic acids is 1. The number of fused-ring (bicyclic) bond motifs is 1. The summed E-state index contributed by atoms with van der Waals surface area (Å²) in [6.07, 6.45) is 2.75. The minimum atomic E-state index is -0.239. The second-order valence-corrected chi connectivity index (χ2v) is 9.23. The Bertz CT molecular complexity index is 793. The predicted octanol–water partition coefficient (Wildman–Crippen LogP) is 5.14. The molecule has 1 heterocycles. The van der Waals surface area contributed by atoms with E-state index < -0.39 is 0 Å². The van der Waals surface area contributed by atoms with Crippen LogP contribution in [0.1, 0.15) is 71.3 Å². The smallest absolute Gasteiger partial charge is 0.271 e. The summed E-state index contributed by atoms with van der Waals surface area (Å²) in [4.78, 5) is 12.9. The molecule has 5 nitrogen and oxygen atoms in total. The van der Waals surface area contributed by atoms with Gasteiger partial charge < -0.3 is 9.47 Å². The second kappa shape index (κ2) is 8.38. The van der Waals surface area contributed by atoms with E-state index in [1.54, 1.807) is 12.1 Å². The van der Waals surface area contributed by atoms with Gasteiger partial charge in [-0.3, -0.25) is 4.79 Å². The summed E-state index contributed by atoms with van der Waals surface area (Å²) in [5.41, 5.74) is 6.07. The van der Waals surface area contributed by atoms with Gasteiger partial charge in [0.2, 0.25) is 0 Å². The fourth-order valence-electron chi connectivity index (χ4n) is 2.75. The maximum absolute atomic E-state index is 12.9. The van der Waals surface area contributed by atoms with Crippen molar-refractivity contribution in [3.05, 3.63) is 34.9 Å². The van der Waals surface area contributed by atoms with Crippen LogP contribution in [-0.4, -0.2) is 24.8 Å². The van der Waals surface area contributed by atoms with Crippen molar-refractivity contribution in [1.82, 2.24) is 5.43 Å². The molecule has 1 aromatic rings. The zero-order valence-electron chi connectivity index (χ0n) is 18.5. The lowest BCUT2D eigenvalue weighted by atomic mass is 9.82. The van der Waals surface area contributed by atoms with Gasteiger partial charge in [-0.15, -0.1) is 0 Å². The van der Waals surface area contributed by atoms with Gasteiger partial charge in [-0.2, -0.15) is 5.10 Å². The van der Waals surface area contributed by atoms with Gasteiger partial charge in [0.15, 0.2) is 11.5 Å². The van der Waals surface area contributed by atoms with Gasteiger partial charge >= 0.3 is 0 Å². The highest BCUT2D eigenvalue weighted by Gasteiger charge is 2.23. The van der Waals surface area contributed by atoms with E-state index in [2.05, 4.69) is 65.1 Å². The Morgan fingerprint density at radius 2 is 1.75 bits per heavy atom. The van der Waals surface area contributed by atoms with Gasteiger partial charge in [0.05, 0.1) is 5.71 Å². The molecule has 0 bridgehead atoms. The third-order valence-electron chi connectivity index (χ3n) is 4.99. The summed E-state index contributed by atoms with van der Waals surface area (Å²) in [6.45, 7) is 17.9. The number of hydrazone groups is 1. The second-order valence-electron chi connectivity index (χ2n) is 9.23. The molecule has 0 aliphatic carbocycles. The Kier molecular flexibility index (Phi) is 6.58. The summed E-state index contributed by atoms with van der Waals surface area (Å²) >= 11 is 0. The average molecular weight is 387 g/mol. The largest absolute Gasteiger partial charge is 0.486 e. The molecule has 1 aliphatic rings. The van der Waals surface area contributed by atoms with Gasteiger partial charge in [-0.05, 0) is 37.0 Å². The number of hydrogen-bond donors (Lipinski definition) is 1. The van der Waals surface area contributed by atoms with Crippen LogP contribution in [-0.2, 0) is 6.42 Å². The van der Waals surface area contributed by atoms with E-state index in [4.69, 9.17) is 9.47 Å². The third-order valence-corrected chi connectivity index (χ3v) is 4.99. The maximum atomic E-state index is 12.9. The number of nitrogens with one attached hydrogen (secondary N) is 1. The van der Waals surface area contributed by atoms with Gasteiger partial charge in [0.25, 0.3) is 5.91 Å². The average Bonchev–Trinajstić information content (AvgIpc) is 2.61. The molecule has 0 unspecified atom stereocenters. The van der Waals surface area contributed by atoms with Crippen molar-refractivity contribution >= 4 is 11.6 Å². The standard InChI is InChI=1S/C23H34N2O3/c1-9-16-17(10-11-18-20(16)28-13-12-27-18)21(26)25-24-19(23(6,7)8)14-15(2)22(3,4)5/h10-11,14H,9,12-13H2,1-8H3,(H,25,26). The van der Waals surface area contributed by atoms with Crippen molar-refractivity contribution in [1.29, 1.82) is 0 Å². The number of hydrogen-bond acceptors (Lipinski definition) is 4. The van der Waals surface area contributed by atoms with Crippen LogP contribution in [0.3, 0.4) is 0 Å². The number of carbonyl (C=O) groups is 1. The normalized spacial score (nSPS) is 15.4. The van der Waals surface area contributed by atoms with Gasteiger partial charge in [0.1, 0.15) is 13.2 Å². The molecule has 1 N–H and O–H groups in total. The van der Waals surface area contributed by atoms with E-state index in [-0.39, 0.29) is 16.7 Å². The molecule has 0 saturated carbocycles. The van der Waals surface area contributed by atoms with Crippen LogP contribution >= 0.6 is 0 Å². The first kappa shape index (κ1) is 22.0. The SMILES string of the molecule is CCc1c(C(=O)NN=C(C=C(C)C(C)(C)C)C(C)(C)C)ccc2c1OCCO2. The predicted molar refractivity (Wildman–Crippen MR) is 114 cm³/mol. The van der Waals surface area contributed by atoms with E-state index in [0.717, 1.165) is 11.3 Å². The number of allylic oxidation sites excluding steroid dienone is 2. The van der Waals surface area contributed by atoms with Crippen LogP contribution in [0.2, 0.25) is 0 Å². The number of nitrogens with zero attached hydrogens (tertiary/aromatic N) is 1. The van der Waals surface area contributed by atoms with Crippen LogP contribution in [0.15, 0.2) is 28.9 Å². The lowest BCUT2D eigenvalue weighted by Crippen LogP contribution is -2.27. The molecule has 0 atom stereocenters. The summed E-state index contributed by atoms with van der Waals surface area (Å²) < 4.78 is 11.4. The Hall–Kier alpha value is -2.30. The van der Waals surface area contributed by atoms with Crippen LogP contribution in [0.25, 0.3) is 0 Å². The van der Waals surface area contributed by atoms with E-state index >= 15 is 0 Å². The molecular formula is C23H34N2O3. The van der Waals surface area contributed by atoms with Crippen molar-refractivity contribution in [2.75, 3.05) is 13.2 Å². The first-order chi connectivity index (χ1) is 12.9. The summed E-state index contributed by atoms with van der Waals surface area (Å²) in [6, 6.07) is 3.57. The van der Waals surface area contributed by atoms with Gasteiger partial charge in [0, 0.05) is 16.5 Å². The first-order valence-corrected chi connectivity index (χ1v) is 9.94. The van der Waals surface area contributed by atoms with Crippen molar-refractivity contribution < 1.29 is 14.3 Å². The molecule has 1 aromatic carbocycles. The molecular weight excluding hydrogens is 352 g/mol. The fraction of sp³-hybridized carbons (Fsp3) is 0.565. The monoisotopic (exact) mass is 386 g/mol. The van der Waals surface area contributed by atoms with Gasteiger partial charge in [-0.1, -0.05) is 54.0 Å². The van der Waals surface area contributed by atoms with E-state index in [9.17, 15) is 4.79 Å². The van der Waals surface area contributed by atoms with Crippen molar-refractivity contribution in [3.63, 3.8) is 0 Å². The highest BCUT2D eigenvalue weighted by Crippen LogP contribution is 2.36. The number of ether oxygens (including phenoxy) is 2. The molecule has 28 heavy (non-hydrogen) atoms. The van der Waals surface area contributed by atoms with Crippen LogP contribution < -0.4 is 14.9 Å². The van der Waals surface area contributed by atoms with Crippen molar-refractivity contribution in [2.24, 2.45) is 15.9 Å². The molecule has 1 amide bonds.